The van der Waals surface area contributed by atoms with Gasteiger partial charge in [-0.15, -0.1) is 0 Å². The van der Waals surface area contributed by atoms with E-state index < -0.39 is 0 Å². The fraction of sp³-hybridized carbons (Fsp3) is 0.611. The molecule has 0 aliphatic heterocycles. The second-order valence-electron chi connectivity index (χ2n) is 5.25. The first-order valence-corrected chi connectivity index (χ1v) is 8.16. The Labute approximate surface area is 128 Å². The molecule has 0 aliphatic rings. The van der Waals surface area contributed by atoms with Crippen LogP contribution in [0.25, 0.3) is 0 Å². The third-order valence-corrected chi connectivity index (χ3v) is 3.34. The molecule has 0 atom stereocenters. The van der Waals surface area contributed by atoms with E-state index in [1.54, 1.807) is 0 Å². The Kier molecular flexibility index (Phi) is 10.2. The summed E-state index contributed by atoms with van der Waals surface area (Å²) in [7, 11) is 0. The molecule has 0 aliphatic carbocycles. The van der Waals surface area contributed by atoms with E-state index in [-0.39, 0.29) is 5.97 Å². The lowest BCUT2D eigenvalue weighted by molar-refractivity contribution is -0.144. The minimum Gasteiger partial charge on any atom is -0.490 e. The summed E-state index contributed by atoms with van der Waals surface area (Å²) in [5.74, 6) is 0.695. The quantitative estimate of drug-likeness (QED) is 0.412. The molecule has 0 amide bonds. The number of ether oxygens (including phenoxy) is 2. The molecule has 0 saturated carbocycles. The number of carbonyl (C=O) groups excluding carboxylic acids is 1. The highest BCUT2D eigenvalue weighted by Gasteiger charge is 2.02. The van der Waals surface area contributed by atoms with Crippen LogP contribution in [0.15, 0.2) is 30.3 Å². The van der Waals surface area contributed by atoms with Gasteiger partial charge in [-0.3, -0.25) is 4.79 Å². The predicted molar refractivity (Wildman–Crippen MR) is 85.5 cm³/mol. The van der Waals surface area contributed by atoms with Crippen molar-refractivity contribution in [2.45, 2.75) is 58.3 Å². The summed E-state index contributed by atoms with van der Waals surface area (Å²) < 4.78 is 10.6. The van der Waals surface area contributed by atoms with Crippen LogP contribution in [0, 0.1) is 0 Å². The molecule has 1 aromatic rings. The molecule has 0 N–H and O–H groups in total. The van der Waals surface area contributed by atoms with E-state index in [0.717, 1.165) is 18.6 Å². The SMILES string of the molecule is CCCCCCCCCC(=O)OCCOc1ccccc1. The molecule has 0 aromatic heterocycles. The number of rotatable bonds is 12. The Balaban J connectivity index is 1.90. The number of hydrogen-bond acceptors (Lipinski definition) is 3. The van der Waals surface area contributed by atoms with Gasteiger partial charge in [0.1, 0.15) is 19.0 Å². The molecule has 21 heavy (non-hydrogen) atoms. The minimum absolute atomic E-state index is 0.111. The van der Waals surface area contributed by atoms with Crippen LogP contribution in [0.4, 0.5) is 0 Å². The molecular formula is C18H28O3. The largest absolute Gasteiger partial charge is 0.490 e. The summed E-state index contributed by atoms with van der Waals surface area (Å²) in [6, 6.07) is 9.56. The molecule has 0 heterocycles. The number of benzene rings is 1. The number of hydrogen-bond donors (Lipinski definition) is 0. The van der Waals surface area contributed by atoms with Gasteiger partial charge >= 0.3 is 5.97 Å². The molecule has 3 heteroatoms. The van der Waals surface area contributed by atoms with Gasteiger partial charge in [0.25, 0.3) is 0 Å². The third-order valence-electron chi connectivity index (χ3n) is 3.34. The zero-order valence-corrected chi connectivity index (χ0v) is 13.2. The molecule has 0 bridgehead atoms. The van der Waals surface area contributed by atoms with Crippen LogP contribution in [0.2, 0.25) is 0 Å². The lowest BCUT2D eigenvalue weighted by atomic mass is 10.1. The number of carbonyl (C=O) groups is 1. The van der Waals surface area contributed by atoms with Gasteiger partial charge in [-0.1, -0.05) is 63.6 Å². The van der Waals surface area contributed by atoms with Crippen LogP contribution in [-0.4, -0.2) is 19.2 Å². The summed E-state index contributed by atoms with van der Waals surface area (Å²) in [5, 5.41) is 0. The van der Waals surface area contributed by atoms with Crippen molar-refractivity contribution in [3.63, 3.8) is 0 Å². The molecule has 3 nitrogen and oxygen atoms in total. The fourth-order valence-electron chi connectivity index (χ4n) is 2.13. The van der Waals surface area contributed by atoms with Crippen molar-refractivity contribution < 1.29 is 14.3 Å². The Morgan fingerprint density at radius 2 is 1.57 bits per heavy atom. The molecule has 1 rings (SSSR count). The van der Waals surface area contributed by atoms with Crippen LogP contribution in [0.5, 0.6) is 5.75 Å². The maximum absolute atomic E-state index is 11.5. The van der Waals surface area contributed by atoms with Crippen molar-refractivity contribution in [1.29, 1.82) is 0 Å². The second kappa shape index (κ2) is 12.2. The Hall–Kier alpha value is -1.51. The topological polar surface area (TPSA) is 35.5 Å². The Morgan fingerprint density at radius 1 is 0.905 bits per heavy atom. The first-order chi connectivity index (χ1) is 10.3. The molecule has 0 radical (unpaired) electrons. The van der Waals surface area contributed by atoms with Crippen molar-refractivity contribution in [3.05, 3.63) is 30.3 Å². The van der Waals surface area contributed by atoms with Crippen molar-refractivity contribution in [3.8, 4) is 5.75 Å². The fourth-order valence-corrected chi connectivity index (χ4v) is 2.13. The van der Waals surface area contributed by atoms with E-state index in [1.807, 2.05) is 30.3 Å². The maximum Gasteiger partial charge on any atom is 0.305 e. The van der Waals surface area contributed by atoms with E-state index in [0.29, 0.717) is 19.6 Å². The molecule has 0 unspecified atom stereocenters. The van der Waals surface area contributed by atoms with E-state index in [9.17, 15) is 4.79 Å². The Morgan fingerprint density at radius 3 is 2.29 bits per heavy atom. The summed E-state index contributed by atoms with van der Waals surface area (Å²) in [4.78, 5) is 11.5. The van der Waals surface area contributed by atoms with Gasteiger partial charge in [-0.25, -0.2) is 0 Å². The first kappa shape index (κ1) is 17.5. The number of esters is 1. The van der Waals surface area contributed by atoms with E-state index in [1.165, 1.54) is 32.1 Å². The van der Waals surface area contributed by atoms with Gasteiger partial charge in [0, 0.05) is 6.42 Å². The average Bonchev–Trinajstić information content (AvgIpc) is 2.52. The monoisotopic (exact) mass is 292 g/mol. The van der Waals surface area contributed by atoms with Crippen molar-refractivity contribution in [2.24, 2.45) is 0 Å². The molecule has 118 valence electrons. The molecule has 0 saturated heterocycles. The zero-order chi connectivity index (χ0) is 15.2. The zero-order valence-electron chi connectivity index (χ0n) is 13.2. The molecule has 0 spiro atoms. The van der Waals surface area contributed by atoms with Gasteiger partial charge in [0.15, 0.2) is 0 Å². The number of para-hydroxylation sites is 1. The van der Waals surface area contributed by atoms with Gasteiger partial charge in [-0.2, -0.15) is 0 Å². The van der Waals surface area contributed by atoms with Crippen LogP contribution >= 0.6 is 0 Å². The van der Waals surface area contributed by atoms with E-state index in [4.69, 9.17) is 9.47 Å². The van der Waals surface area contributed by atoms with Gasteiger partial charge < -0.3 is 9.47 Å². The highest BCUT2D eigenvalue weighted by Crippen LogP contribution is 2.09. The molecular weight excluding hydrogens is 264 g/mol. The van der Waals surface area contributed by atoms with E-state index >= 15 is 0 Å². The van der Waals surface area contributed by atoms with Gasteiger partial charge in [0.05, 0.1) is 0 Å². The first-order valence-electron chi connectivity index (χ1n) is 8.16. The minimum atomic E-state index is -0.111. The third kappa shape index (κ3) is 9.94. The van der Waals surface area contributed by atoms with Crippen molar-refractivity contribution >= 4 is 5.97 Å². The average molecular weight is 292 g/mol. The van der Waals surface area contributed by atoms with Crippen molar-refractivity contribution in [1.82, 2.24) is 0 Å². The van der Waals surface area contributed by atoms with Crippen molar-refractivity contribution in [2.75, 3.05) is 13.2 Å². The lowest BCUT2D eigenvalue weighted by Gasteiger charge is -2.07. The van der Waals surface area contributed by atoms with Crippen LogP contribution in [0.1, 0.15) is 58.3 Å². The summed E-state index contributed by atoms with van der Waals surface area (Å²) in [6.45, 7) is 2.95. The normalized spacial score (nSPS) is 10.3. The summed E-state index contributed by atoms with van der Waals surface area (Å²) in [6.07, 6.45) is 9.01. The predicted octanol–water partition coefficient (Wildman–Crippen LogP) is 4.75. The summed E-state index contributed by atoms with van der Waals surface area (Å²) >= 11 is 0. The highest BCUT2D eigenvalue weighted by molar-refractivity contribution is 5.69. The van der Waals surface area contributed by atoms with E-state index in [2.05, 4.69) is 6.92 Å². The number of unbranched alkanes of at least 4 members (excludes halogenated alkanes) is 6. The molecule has 1 aromatic carbocycles. The molecule has 0 fully saturated rings. The van der Waals surface area contributed by atoms with Crippen LogP contribution < -0.4 is 4.74 Å². The van der Waals surface area contributed by atoms with Gasteiger partial charge in [-0.05, 0) is 18.6 Å². The van der Waals surface area contributed by atoms with Crippen LogP contribution in [-0.2, 0) is 9.53 Å². The standard InChI is InChI=1S/C18H28O3/c1-2-3-4-5-6-7-11-14-18(19)21-16-15-20-17-12-9-8-10-13-17/h8-10,12-13H,2-7,11,14-16H2,1H3. The maximum atomic E-state index is 11.5. The smallest absolute Gasteiger partial charge is 0.305 e. The Bertz CT molecular complexity index is 362. The lowest BCUT2D eigenvalue weighted by Crippen LogP contribution is -2.11. The van der Waals surface area contributed by atoms with Gasteiger partial charge in [0.2, 0.25) is 0 Å². The second-order valence-corrected chi connectivity index (χ2v) is 5.25. The highest BCUT2D eigenvalue weighted by atomic mass is 16.6. The van der Waals surface area contributed by atoms with Crippen LogP contribution in [0.3, 0.4) is 0 Å². The summed E-state index contributed by atoms with van der Waals surface area (Å²) in [5.41, 5.74) is 0.